The van der Waals surface area contributed by atoms with Crippen LogP contribution in [0.4, 0.5) is 18.9 Å². The van der Waals surface area contributed by atoms with Crippen LogP contribution in [0.2, 0.25) is 0 Å². The summed E-state index contributed by atoms with van der Waals surface area (Å²) >= 11 is 0. The van der Waals surface area contributed by atoms with Gasteiger partial charge in [-0.2, -0.15) is 0 Å². The van der Waals surface area contributed by atoms with Crippen molar-refractivity contribution in [2.45, 2.75) is 20.3 Å². The zero-order valence-electron chi connectivity index (χ0n) is 8.78. The van der Waals surface area contributed by atoms with E-state index < -0.39 is 17.5 Å². The molecule has 0 fully saturated rings. The fraction of sp³-hybridized carbons (Fsp3) is 0.455. The van der Waals surface area contributed by atoms with Crippen LogP contribution in [0.5, 0.6) is 0 Å². The largest absolute Gasteiger partial charge is 0.385 e. The Hall–Kier alpha value is -1.19. The van der Waals surface area contributed by atoms with E-state index in [-0.39, 0.29) is 5.69 Å². The van der Waals surface area contributed by atoms with E-state index in [1.54, 1.807) is 0 Å². The van der Waals surface area contributed by atoms with Gasteiger partial charge in [0, 0.05) is 24.4 Å². The van der Waals surface area contributed by atoms with Gasteiger partial charge in [0.05, 0.1) is 0 Å². The zero-order valence-corrected chi connectivity index (χ0v) is 8.78. The third-order valence-electron chi connectivity index (χ3n) is 2.34. The van der Waals surface area contributed by atoms with E-state index >= 15 is 0 Å². The summed E-state index contributed by atoms with van der Waals surface area (Å²) in [6.07, 6.45) is 0.971. The van der Waals surface area contributed by atoms with Crippen molar-refractivity contribution in [3.05, 3.63) is 29.6 Å². The second-order valence-electron chi connectivity index (χ2n) is 3.65. The van der Waals surface area contributed by atoms with E-state index in [0.29, 0.717) is 12.5 Å². The molecule has 0 aliphatic heterocycles. The van der Waals surface area contributed by atoms with E-state index in [4.69, 9.17) is 0 Å². The van der Waals surface area contributed by atoms with Crippen molar-refractivity contribution in [1.82, 2.24) is 0 Å². The quantitative estimate of drug-likeness (QED) is 0.760. The summed E-state index contributed by atoms with van der Waals surface area (Å²) in [6.45, 7) is 4.66. The predicted octanol–water partition coefficient (Wildman–Crippen LogP) is 3.56. The van der Waals surface area contributed by atoms with Gasteiger partial charge in [-0.15, -0.1) is 0 Å². The molecule has 1 N–H and O–H groups in total. The van der Waals surface area contributed by atoms with E-state index in [0.717, 1.165) is 18.6 Å². The highest BCUT2D eigenvalue weighted by Gasteiger charge is 2.10. The summed E-state index contributed by atoms with van der Waals surface area (Å²) in [5.41, 5.74) is 0.270. The standard InChI is InChI=1S/C11H14F3N/c1-3-7(2)6-15-8-4-9(12)11(14)10(13)5-8/h4-5,7,15H,3,6H2,1-2H3/t7-/m0/s1. The molecule has 1 nitrogen and oxygen atoms in total. The molecule has 0 bridgehead atoms. The van der Waals surface area contributed by atoms with Crippen LogP contribution in [-0.4, -0.2) is 6.54 Å². The van der Waals surface area contributed by atoms with Gasteiger partial charge in [-0.3, -0.25) is 0 Å². The third kappa shape index (κ3) is 3.15. The Labute approximate surface area is 87.3 Å². The van der Waals surface area contributed by atoms with Crippen molar-refractivity contribution in [3.63, 3.8) is 0 Å². The highest BCUT2D eigenvalue weighted by atomic mass is 19.2. The fourth-order valence-corrected chi connectivity index (χ4v) is 1.09. The Balaban J connectivity index is 2.70. The van der Waals surface area contributed by atoms with Crippen molar-refractivity contribution in [1.29, 1.82) is 0 Å². The number of nitrogens with one attached hydrogen (secondary N) is 1. The van der Waals surface area contributed by atoms with E-state index in [1.165, 1.54) is 0 Å². The van der Waals surface area contributed by atoms with Gasteiger partial charge in [-0.1, -0.05) is 20.3 Å². The van der Waals surface area contributed by atoms with Gasteiger partial charge in [-0.05, 0) is 5.92 Å². The molecule has 1 atom stereocenters. The van der Waals surface area contributed by atoms with Crippen LogP contribution in [0.1, 0.15) is 20.3 Å². The molecule has 0 aliphatic rings. The van der Waals surface area contributed by atoms with Gasteiger partial charge in [0.2, 0.25) is 0 Å². The number of anilines is 1. The summed E-state index contributed by atoms with van der Waals surface area (Å²) in [5, 5.41) is 2.86. The molecule has 15 heavy (non-hydrogen) atoms. The Morgan fingerprint density at radius 3 is 2.20 bits per heavy atom. The minimum Gasteiger partial charge on any atom is -0.385 e. The molecule has 0 heterocycles. The maximum atomic E-state index is 12.8. The number of hydrogen-bond donors (Lipinski definition) is 1. The second-order valence-corrected chi connectivity index (χ2v) is 3.65. The maximum absolute atomic E-state index is 12.8. The summed E-state index contributed by atoms with van der Waals surface area (Å²) in [7, 11) is 0. The monoisotopic (exact) mass is 217 g/mol. The van der Waals surface area contributed by atoms with Gasteiger partial charge < -0.3 is 5.32 Å². The molecule has 0 amide bonds. The number of hydrogen-bond acceptors (Lipinski definition) is 1. The molecule has 1 aromatic carbocycles. The third-order valence-corrected chi connectivity index (χ3v) is 2.34. The van der Waals surface area contributed by atoms with Crippen molar-refractivity contribution in [2.75, 3.05) is 11.9 Å². The van der Waals surface area contributed by atoms with Crippen LogP contribution >= 0.6 is 0 Å². The molecule has 1 rings (SSSR count). The van der Waals surface area contributed by atoms with Crippen LogP contribution in [-0.2, 0) is 0 Å². The lowest BCUT2D eigenvalue weighted by Gasteiger charge is -2.11. The Morgan fingerprint density at radius 2 is 1.73 bits per heavy atom. The second kappa shape index (κ2) is 5.05. The lowest BCUT2D eigenvalue weighted by molar-refractivity contribution is 0.447. The maximum Gasteiger partial charge on any atom is 0.194 e. The number of rotatable bonds is 4. The molecule has 1 aromatic rings. The van der Waals surface area contributed by atoms with E-state index in [9.17, 15) is 13.2 Å². The van der Waals surface area contributed by atoms with Crippen molar-refractivity contribution in [2.24, 2.45) is 5.92 Å². The lowest BCUT2D eigenvalue weighted by Crippen LogP contribution is -2.10. The average molecular weight is 217 g/mol. The molecule has 0 saturated carbocycles. The molecule has 0 radical (unpaired) electrons. The average Bonchev–Trinajstić information content (AvgIpc) is 2.22. The van der Waals surface area contributed by atoms with Gasteiger partial charge >= 0.3 is 0 Å². The smallest absolute Gasteiger partial charge is 0.194 e. The Bertz CT molecular complexity index is 316. The molecule has 4 heteroatoms. The van der Waals surface area contributed by atoms with Crippen LogP contribution in [0.15, 0.2) is 12.1 Å². The molecule has 84 valence electrons. The topological polar surface area (TPSA) is 12.0 Å². The fourth-order valence-electron chi connectivity index (χ4n) is 1.09. The first-order valence-corrected chi connectivity index (χ1v) is 4.93. The van der Waals surface area contributed by atoms with Gasteiger partial charge in [0.25, 0.3) is 0 Å². The summed E-state index contributed by atoms with van der Waals surface area (Å²) in [4.78, 5) is 0. The van der Waals surface area contributed by atoms with Crippen molar-refractivity contribution >= 4 is 5.69 Å². The van der Waals surface area contributed by atoms with E-state index in [2.05, 4.69) is 5.32 Å². The molecular weight excluding hydrogens is 203 g/mol. The Morgan fingerprint density at radius 1 is 1.20 bits per heavy atom. The van der Waals surface area contributed by atoms with Crippen LogP contribution < -0.4 is 5.32 Å². The zero-order chi connectivity index (χ0) is 11.4. The van der Waals surface area contributed by atoms with Gasteiger partial charge in [-0.25, -0.2) is 13.2 Å². The first-order valence-electron chi connectivity index (χ1n) is 4.93. The Kier molecular flexibility index (Phi) is 4.00. The van der Waals surface area contributed by atoms with Crippen LogP contribution in [0.25, 0.3) is 0 Å². The first-order chi connectivity index (χ1) is 7.04. The molecule has 0 aromatic heterocycles. The van der Waals surface area contributed by atoms with Crippen molar-refractivity contribution < 1.29 is 13.2 Å². The van der Waals surface area contributed by atoms with Gasteiger partial charge in [0.1, 0.15) is 0 Å². The van der Waals surface area contributed by atoms with Crippen LogP contribution in [0.3, 0.4) is 0 Å². The predicted molar refractivity (Wildman–Crippen MR) is 54.3 cm³/mol. The van der Waals surface area contributed by atoms with E-state index in [1.807, 2.05) is 13.8 Å². The highest BCUT2D eigenvalue weighted by molar-refractivity contribution is 5.44. The lowest BCUT2D eigenvalue weighted by atomic mass is 10.1. The molecule has 0 saturated heterocycles. The SMILES string of the molecule is CC[C@H](C)CNc1cc(F)c(F)c(F)c1. The van der Waals surface area contributed by atoms with Crippen LogP contribution in [0, 0.1) is 23.4 Å². The molecule has 0 aliphatic carbocycles. The summed E-state index contributed by atoms with van der Waals surface area (Å²) in [6, 6.07) is 1.92. The number of halogens is 3. The summed E-state index contributed by atoms with van der Waals surface area (Å²) < 4.78 is 38.2. The molecule has 0 unspecified atom stereocenters. The van der Waals surface area contributed by atoms with Crippen molar-refractivity contribution in [3.8, 4) is 0 Å². The number of benzene rings is 1. The minimum atomic E-state index is -1.43. The molecular formula is C11H14F3N. The van der Waals surface area contributed by atoms with Gasteiger partial charge in [0.15, 0.2) is 17.5 Å². The molecule has 0 spiro atoms. The highest BCUT2D eigenvalue weighted by Crippen LogP contribution is 2.17. The minimum absolute atomic E-state index is 0.270. The first kappa shape index (κ1) is 11.9. The summed E-state index contributed by atoms with van der Waals surface area (Å²) in [5.74, 6) is -3.35. The normalized spacial score (nSPS) is 12.6.